The van der Waals surface area contributed by atoms with Crippen LogP contribution in [0.25, 0.3) is 0 Å². The van der Waals surface area contributed by atoms with Crippen molar-refractivity contribution in [3.63, 3.8) is 0 Å². The third kappa shape index (κ3) is 3.72. The predicted molar refractivity (Wildman–Crippen MR) is 79.7 cm³/mol. The zero-order chi connectivity index (χ0) is 17.2. The summed E-state index contributed by atoms with van der Waals surface area (Å²) < 4.78 is 48.9. The van der Waals surface area contributed by atoms with Crippen LogP contribution in [0, 0.1) is 0 Å². The van der Waals surface area contributed by atoms with E-state index in [-0.39, 0.29) is 23.5 Å². The summed E-state index contributed by atoms with van der Waals surface area (Å²) in [6.45, 7) is 0.951. The zero-order valence-corrected chi connectivity index (χ0v) is 12.8. The van der Waals surface area contributed by atoms with Crippen molar-refractivity contribution in [2.24, 2.45) is 0 Å². The van der Waals surface area contributed by atoms with E-state index in [0.717, 1.165) is 12.1 Å². The van der Waals surface area contributed by atoms with E-state index >= 15 is 0 Å². The summed E-state index contributed by atoms with van der Waals surface area (Å²) in [6.07, 6.45) is -2.05. The van der Waals surface area contributed by atoms with Gasteiger partial charge in [0, 0.05) is 25.9 Å². The average Bonchev–Trinajstić information content (AvgIpc) is 3.09. The highest BCUT2D eigenvalue weighted by molar-refractivity contribution is 5.91. The maximum atomic E-state index is 12.7. The lowest BCUT2D eigenvalue weighted by Crippen LogP contribution is -2.41. The molecule has 1 fully saturated rings. The highest BCUT2D eigenvalue weighted by Gasteiger charge is 2.31. The fourth-order valence-corrected chi connectivity index (χ4v) is 2.67. The van der Waals surface area contributed by atoms with Gasteiger partial charge in [-0.25, -0.2) is 0 Å². The molecule has 128 valence electrons. The quantitative estimate of drug-likeness (QED) is 0.849. The highest BCUT2D eigenvalue weighted by atomic mass is 19.4. The number of benzene rings is 1. The molecule has 0 atom stereocenters. The third-order valence-electron chi connectivity index (χ3n) is 3.93. The van der Waals surface area contributed by atoms with E-state index in [1.165, 1.54) is 18.4 Å². The molecule has 1 aromatic carbocycles. The predicted octanol–water partition coefficient (Wildman–Crippen LogP) is 3.98. The number of carbonyl (C=O) groups excluding carboxylic acids is 1. The van der Waals surface area contributed by atoms with E-state index in [1.54, 1.807) is 17.0 Å². The fraction of sp³-hybridized carbons (Fsp3) is 0.353. The van der Waals surface area contributed by atoms with Crippen LogP contribution in [0.4, 0.5) is 13.2 Å². The second-order valence-corrected chi connectivity index (χ2v) is 5.61. The van der Waals surface area contributed by atoms with Crippen molar-refractivity contribution in [2.45, 2.75) is 25.1 Å². The molecular formula is C17H16F3NO3. The normalized spacial score (nSPS) is 16.2. The van der Waals surface area contributed by atoms with Crippen LogP contribution in [-0.2, 0) is 6.18 Å². The topological polar surface area (TPSA) is 42.7 Å². The van der Waals surface area contributed by atoms with Crippen molar-refractivity contribution in [1.29, 1.82) is 0 Å². The number of alkyl halides is 3. The Balaban J connectivity index is 1.57. The van der Waals surface area contributed by atoms with Gasteiger partial charge in [0.2, 0.25) is 0 Å². The molecule has 1 aromatic heterocycles. The Morgan fingerprint density at radius 2 is 1.92 bits per heavy atom. The van der Waals surface area contributed by atoms with Crippen LogP contribution in [0.5, 0.6) is 5.75 Å². The molecular weight excluding hydrogens is 323 g/mol. The van der Waals surface area contributed by atoms with Crippen LogP contribution in [0.3, 0.4) is 0 Å². The Labute approximate surface area is 136 Å². The Morgan fingerprint density at radius 3 is 2.54 bits per heavy atom. The van der Waals surface area contributed by atoms with Crippen LogP contribution < -0.4 is 4.74 Å². The van der Waals surface area contributed by atoms with E-state index in [9.17, 15) is 18.0 Å². The Bertz CT molecular complexity index is 689. The van der Waals surface area contributed by atoms with Crippen molar-refractivity contribution in [1.82, 2.24) is 4.90 Å². The van der Waals surface area contributed by atoms with Gasteiger partial charge < -0.3 is 14.1 Å². The van der Waals surface area contributed by atoms with Gasteiger partial charge >= 0.3 is 6.18 Å². The molecule has 1 amide bonds. The number of halogens is 3. The standard InChI is InChI=1S/C17H16F3NO3/c18-17(19,20)12-3-1-4-14(11-12)24-13-6-8-21(9-7-13)16(22)15-5-2-10-23-15/h1-5,10-11,13H,6-9H2. The summed E-state index contributed by atoms with van der Waals surface area (Å²) in [4.78, 5) is 13.8. The smallest absolute Gasteiger partial charge is 0.416 e. The molecule has 1 aliphatic rings. The van der Waals surface area contributed by atoms with Crippen molar-refractivity contribution in [3.05, 3.63) is 54.0 Å². The molecule has 0 saturated carbocycles. The molecule has 2 aromatic rings. The molecule has 24 heavy (non-hydrogen) atoms. The van der Waals surface area contributed by atoms with E-state index < -0.39 is 11.7 Å². The summed E-state index contributed by atoms with van der Waals surface area (Å²) in [5, 5.41) is 0. The van der Waals surface area contributed by atoms with Gasteiger partial charge in [0.25, 0.3) is 5.91 Å². The van der Waals surface area contributed by atoms with Gasteiger partial charge in [0.15, 0.2) is 5.76 Å². The SMILES string of the molecule is O=C(c1ccco1)N1CCC(Oc2cccc(C(F)(F)F)c2)CC1. The van der Waals surface area contributed by atoms with Gasteiger partial charge in [-0.15, -0.1) is 0 Å². The molecule has 0 unspecified atom stereocenters. The summed E-state index contributed by atoms with van der Waals surface area (Å²) >= 11 is 0. The number of carbonyl (C=O) groups is 1. The van der Waals surface area contributed by atoms with Crippen molar-refractivity contribution in [3.8, 4) is 5.75 Å². The molecule has 0 radical (unpaired) electrons. The second-order valence-electron chi connectivity index (χ2n) is 5.61. The summed E-state index contributed by atoms with van der Waals surface area (Å²) in [5.74, 6) is 0.297. The number of ether oxygens (including phenoxy) is 1. The summed E-state index contributed by atoms with van der Waals surface area (Å²) in [7, 11) is 0. The highest BCUT2D eigenvalue weighted by Crippen LogP contribution is 2.32. The van der Waals surface area contributed by atoms with Crippen LogP contribution in [0.15, 0.2) is 47.1 Å². The van der Waals surface area contributed by atoms with Gasteiger partial charge in [-0.05, 0) is 30.3 Å². The molecule has 0 bridgehead atoms. The molecule has 0 N–H and O–H groups in total. The molecule has 0 aliphatic carbocycles. The summed E-state index contributed by atoms with van der Waals surface area (Å²) in [5.41, 5.74) is -0.731. The van der Waals surface area contributed by atoms with E-state index in [1.807, 2.05) is 0 Å². The monoisotopic (exact) mass is 339 g/mol. The first kappa shape index (κ1) is 16.4. The molecule has 4 nitrogen and oxygen atoms in total. The minimum atomic E-state index is -4.39. The van der Waals surface area contributed by atoms with Gasteiger partial charge in [-0.1, -0.05) is 6.07 Å². The second kappa shape index (κ2) is 6.59. The van der Waals surface area contributed by atoms with E-state index in [0.29, 0.717) is 25.9 Å². The maximum Gasteiger partial charge on any atom is 0.416 e. The number of hydrogen-bond donors (Lipinski definition) is 0. The van der Waals surface area contributed by atoms with Gasteiger partial charge in [-0.2, -0.15) is 13.2 Å². The molecule has 7 heteroatoms. The first-order valence-corrected chi connectivity index (χ1v) is 7.60. The van der Waals surface area contributed by atoms with Crippen molar-refractivity contribution >= 4 is 5.91 Å². The van der Waals surface area contributed by atoms with Gasteiger partial charge in [-0.3, -0.25) is 4.79 Å². The molecule has 0 spiro atoms. The first-order chi connectivity index (χ1) is 11.4. The number of rotatable bonds is 3. The van der Waals surface area contributed by atoms with Crippen LogP contribution >= 0.6 is 0 Å². The minimum absolute atomic E-state index is 0.183. The maximum absolute atomic E-state index is 12.7. The lowest BCUT2D eigenvalue weighted by atomic mass is 10.1. The zero-order valence-electron chi connectivity index (χ0n) is 12.8. The van der Waals surface area contributed by atoms with Gasteiger partial charge in [0.05, 0.1) is 11.8 Å². The number of amides is 1. The molecule has 3 rings (SSSR count). The number of hydrogen-bond acceptors (Lipinski definition) is 3. The van der Waals surface area contributed by atoms with E-state index in [4.69, 9.17) is 9.15 Å². The molecule has 1 saturated heterocycles. The number of piperidine rings is 1. The largest absolute Gasteiger partial charge is 0.490 e. The lowest BCUT2D eigenvalue weighted by Gasteiger charge is -2.31. The molecule has 1 aliphatic heterocycles. The first-order valence-electron chi connectivity index (χ1n) is 7.60. The van der Waals surface area contributed by atoms with Crippen LogP contribution in [-0.4, -0.2) is 30.0 Å². The third-order valence-corrected chi connectivity index (χ3v) is 3.93. The van der Waals surface area contributed by atoms with Crippen molar-refractivity contribution in [2.75, 3.05) is 13.1 Å². The Kier molecular flexibility index (Phi) is 4.51. The fourth-order valence-electron chi connectivity index (χ4n) is 2.67. The molecule has 2 heterocycles. The van der Waals surface area contributed by atoms with Crippen LogP contribution in [0.1, 0.15) is 29.0 Å². The van der Waals surface area contributed by atoms with E-state index in [2.05, 4.69) is 0 Å². The van der Waals surface area contributed by atoms with Crippen molar-refractivity contribution < 1.29 is 27.1 Å². The summed E-state index contributed by atoms with van der Waals surface area (Å²) in [6, 6.07) is 8.10. The number of nitrogens with zero attached hydrogens (tertiary/aromatic N) is 1. The Hall–Kier alpha value is -2.44. The Morgan fingerprint density at radius 1 is 1.17 bits per heavy atom. The van der Waals surface area contributed by atoms with Gasteiger partial charge in [0.1, 0.15) is 11.9 Å². The number of likely N-dealkylation sites (tertiary alicyclic amines) is 1. The number of furan rings is 1. The lowest BCUT2D eigenvalue weighted by molar-refractivity contribution is -0.137. The van der Waals surface area contributed by atoms with Crippen LogP contribution in [0.2, 0.25) is 0 Å². The average molecular weight is 339 g/mol. The minimum Gasteiger partial charge on any atom is -0.490 e.